The van der Waals surface area contributed by atoms with Gasteiger partial charge >= 0.3 is 5.97 Å². The summed E-state index contributed by atoms with van der Waals surface area (Å²) in [4.78, 5) is 12.6. The van der Waals surface area contributed by atoms with E-state index in [0.29, 0.717) is 0 Å². The highest BCUT2D eigenvalue weighted by atomic mass is 32.2. The molecule has 0 saturated carbocycles. The third-order valence-electron chi connectivity index (χ3n) is 1.99. The van der Waals surface area contributed by atoms with Gasteiger partial charge in [0.1, 0.15) is 9.57 Å². The van der Waals surface area contributed by atoms with E-state index >= 15 is 0 Å². The SMILES string of the molecule is C[C@H](SC(=S)N1CCCC1)C(=O)O. The Bertz CT molecular complexity index is 214. The first-order valence-corrected chi connectivity index (χ1v) is 5.58. The molecule has 1 heterocycles. The van der Waals surface area contributed by atoms with Crippen LogP contribution < -0.4 is 0 Å². The monoisotopic (exact) mass is 219 g/mol. The van der Waals surface area contributed by atoms with Crippen molar-refractivity contribution in [2.45, 2.75) is 25.0 Å². The average Bonchev–Trinajstić information content (AvgIpc) is 2.55. The second kappa shape index (κ2) is 4.81. The molecule has 3 nitrogen and oxygen atoms in total. The fourth-order valence-corrected chi connectivity index (χ4v) is 2.53. The highest BCUT2D eigenvalue weighted by molar-refractivity contribution is 8.23. The van der Waals surface area contributed by atoms with E-state index < -0.39 is 11.2 Å². The summed E-state index contributed by atoms with van der Waals surface area (Å²) < 4.78 is 0.729. The van der Waals surface area contributed by atoms with Crippen LogP contribution in [0.15, 0.2) is 0 Å². The second-order valence-corrected chi connectivity index (χ2v) is 5.03. The maximum Gasteiger partial charge on any atom is 0.316 e. The molecule has 0 aromatic carbocycles. The average molecular weight is 219 g/mol. The standard InChI is InChI=1S/C8H13NO2S2/c1-6(7(10)11)13-8(12)9-4-2-3-5-9/h6H,2-5H2,1H3,(H,10,11)/t6-/m0/s1. The van der Waals surface area contributed by atoms with Crippen molar-refractivity contribution < 1.29 is 9.90 Å². The third kappa shape index (κ3) is 3.15. The molecule has 5 heteroatoms. The molecule has 74 valence electrons. The van der Waals surface area contributed by atoms with E-state index in [1.807, 2.05) is 0 Å². The third-order valence-corrected chi connectivity index (χ3v) is 3.55. The van der Waals surface area contributed by atoms with E-state index in [1.54, 1.807) is 6.92 Å². The largest absolute Gasteiger partial charge is 0.480 e. The van der Waals surface area contributed by atoms with Gasteiger partial charge in [-0.3, -0.25) is 4.79 Å². The molecule has 0 spiro atoms. The van der Waals surface area contributed by atoms with E-state index in [9.17, 15) is 4.79 Å². The van der Waals surface area contributed by atoms with Crippen LogP contribution >= 0.6 is 24.0 Å². The maximum absolute atomic E-state index is 10.6. The molecule has 1 aliphatic heterocycles. The van der Waals surface area contributed by atoms with Crippen LogP contribution in [-0.4, -0.2) is 38.6 Å². The number of carboxylic acids is 1. The lowest BCUT2D eigenvalue weighted by atomic mass is 10.4. The summed E-state index contributed by atoms with van der Waals surface area (Å²) in [6.45, 7) is 3.63. The molecule has 0 amide bonds. The summed E-state index contributed by atoms with van der Waals surface area (Å²) in [6.07, 6.45) is 2.34. The number of carboxylic acid groups (broad SMARTS) is 1. The lowest BCUT2D eigenvalue weighted by molar-refractivity contribution is -0.136. The zero-order valence-electron chi connectivity index (χ0n) is 7.52. The van der Waals surface area contributed by atoms with Crippen LogP contribution in [0.2, 0.25) is 0 Å². The first-order chi connectivity index (χ1) is 6.11. The van der Waals surface area contributed by atoms with E-state index in [0.717, 1.165) is 17.4 Å². The molecule has 13 heavy (non-hydrogen) atoms. The van der Waals surface area contributed by atoms with E-state index in [-0.39, 0.29) is 0 Å². The Hall–Kier alpha value is -0.290. The topological polar surface area (TPSA) is 40.5 Å². The quantitative estimate of drug-likeness (QED) is 0.714. The number of thioether (sulfide) groups is 1. The molecule has 1 saturated heterocycles. The number of carbonyl (C=O) groups is 1. The van der Waals surface area contributed by atoms with Gasteiger partial charge in [0, 0.05) is 13.1 Å². The summed E-state index contributed by atoms with van der Waals surface area (Å²) in [5, 5.41) is 8.24. The van der Waals surface area contributed by atoms with E-state index in [4.69, 9.17) is 17.3 Å². The van der Waals surface area contributed by atoms with Crippen molar-refractivity contribution in [1.82, 2.24) is 4.90 Å². The zero-order valence-corrected chi connectivity index (χ0v) is 9.16. The number of rotatable bonds is 2. The molecule has 1 N–H and O–H groups in total. The van der Waals surface area contributed by atoms with Crippen LogP contribution in [0.25, 0.3) is 0 Å². The molecule has 0 aromatic heterocycles. The highest BCUT2D eigenvalue weighted by Crippen LogP contribution is 2.20. The van der Waals surface area contributed by atoms with Gasteiger partial charge in [-0.2, -0.15) is 0 Å². The van der Waals surface area contributed by atoms with Gasteiger partial charge in [0.15, 0.2) is 0 Å². The normalized spacial score (nSPS) is 18.7. The van der Waals surface area contributed by atoms with Crippen molar-refractivity contribution in [1.29, 1.82) is 0 Å². The number of hydrogen-bond acceptors (Lipinski definition) is 3. The van der Waals surface area contributed by atoms with Gasteiger partial charge in [-0.1, -0.05) is 24.0 Å². The minimum atomic E-state index is -0.799. The van der Waals surface area contributed by atoms with Crippen LogP contribution in [0, 0.1) is 0 Å². The molecule has 1 fully saturated rings. The molecular formula is C8H13NO2S2. The fraction of sp³-hybridized carbons (Fsp3) is 0.750. The molecule has 0 aromatic rings. The van der Waals surface area contributed by atoms with E-state index in [2.05, 4.69) is 4.90 Å². The number of nitrogens with zero attached hydrogens (tertiary/aromatic N) is 1. The summed E-state index contributed by atoms with van der Waals surface area (Å²) in [5.41, 5.74) is 0. The number of aliphatic carboxylic acids is 1. The summed E-state index contributed by atoms with van der Waals surface area (Å²) in [6, 6.07) is 0. The van der Waals surface area contributed by atoms with Crippen molar-refractivity contribution in [3.63, 3.8) is 0 Å². The molecule has 1 rings (SSSR count). The minimum absolute atomic E-state index is 0.437. The first kappa shape index (κ1) is 10.8. The zero-order chi connectivity index (χ0) is 9.84. The van der Waals surface area contributed by atoms with Crippen molar-refractivity contribution in [3.8, 4) is 0 Å². The van der Waals surface area contributed by atoms with Crippen molar-refractivity contribution in [2.75, 3.05) is 13.1 Å². The van der Waals surface area contributed by atoms with Crippen molar-refractivity contribution >= 4 is 34.3 Å². The van der Waals surface area contributed by atoms with Crippen LogP contribution in [-0.2, 0) is 4.79 Å². The second-order valence-electron chi connectivity index (χ2n) is 3.06. The first-order valence-electron chi connectivity index (χ1n) is 4.29. The van der Waals surface area contributed by atoms with Gasteiger partial charge in [0.05, 0.1) is 0 Å². The highest BCUT2D eigenvalue weighted by Gasteiger charge is 2.20. The molecule has 0 unspecified atom stereocenters. The van der Waals surface area contributed by atoms with Gasteiger partial charge in [-0.25, -0.2) is 0 Å². The van der Waals surface area contributed by atoms with Crippen LogP contribution in [0.4, 0.5) is 0 Å². The van der Waals surface area contributed by atoms with Gasteiger partial charge in [0.2, 0.25) is 0 Å². The van der Waals surface area contributed by atoms with E-state index in [1.165, 1.54) is 24.6 Å². The summed E-state index contributed by atoms with van der Waals surface area (Å²) in [5.74, 6) is -0.799. The molecule has 1 atom stereocenters. The van der Waals surface area contributed by atoms with Gasteiger partial charge in [0.25, 0.3) is 0 Å². The molecule has 0 aliphatic carbocycles. The number of hydrogen-bond donors (Lipinski definition) is 1. The van der Waals surface area contributed by atoms with Crippen LogP contribution in [0.1, 0.15) is 19.8 Å². The van der Waals surface area contributed by atoms with Gasteiger partial charge in [-0.15, -0.1) is 0 Å². The Labute approximate surface area is 87.5 Å². The Morgan fingerprint density at radius 1 is 1.54 bits per heavy atom. The van der Waals surface area contributed by atoms with Crippen molar-refractivity contribution in [3.05, 3.63) is 0 Å². The summed E-state index contributed by atoms with van der Waals surface area (Å²) in [7, 11) is 0. The fourth-order valence-electron chi connectivity index (χ4n) is 1.18. The van der Waals surface area contributed by atoms with Crippen LogP contribution in [0.3, 0.4) is 0 Å². The predicted octanol–water partition coefficient (Wildman–Crippen LogP) is 1.57. The minimum Gasteiger partial charge on any atom is -0.480 e. The molecule has 0 bridgehead atoms. The molecular weight excluding hydrogens is 206 g/mol. The molecule has 0 radical (unpaired) electrons. The lowest BCUT2D eigenvalue weighted by Gasteiger charge is -2.18. The number of thiocarbonyl (C=S) groups is 1. The smallest absolute Gasteiger partial charge is 0.316 e. The predicted molar refractivity (Wildman–Crippen MR) is 58.1 cm³/mol. The molecule has 1 aliphatic rings. The Morgan fingerprint density at radius 3 is 2.54 bits per heavy atom. The van der Waals surface area contributed by atoms with Gasteiger partial charge < -0.3 is 10.0 Å². The Balaban J connectivity index is 2.35. The van der Waals surface area contributed by atoms with Crippen molar-refractivity contribution in [2.24, 2.45) is 0 Å². The number of likely N-dealkylation sites (tertiary alicyclic amines) is 1. The lowest BCUT2D eigenvalue weighted by Crippen LogP contribution is -2.26. The Morgan fingerprint density at radius 2 is 2.08 bits per heavy atom. The summed E-state index contributed by atoms with van der Waals surface area (Å²) >= 11 is 6.40. The van der Waals surface area contributed by atoms with Crippen LogP contribution in [0.5, 0.6) is 0 Å². The maximum atomic E-state index is 10.6. The Kier molecular flexibility index (Phi) is 3.99. The van der Waals surface area contributed by atoms with Gasteiger partial charge in [-0.05, 0) is 19.8 Å².